The summed E-state index contributed by atoms with van der Waals surface area (Å²) in [7, 11) is 0. The molecule has 0 unspecified atom stereocenters. The summed E-state index contributed by atoms with van der Waals surface area (Å²) >= 11 is 0. The molecule has 0 amide bonds. The van der Waals surface area contributed by atoms with Gasteiger partial charge in [0.1, 0.15) is 0 Å². The topological polar surface area (TPSA) is 3.24 Å². The van der Waals surface area contributed by atoms with E-state index in [9.17, 15) is 0 Å². The Morgan fingerprint density at radius 3 is 1.53 bits per heavy atom. The third kappa shape index (κ3) is 6.97. The molecule has 0 saturated heterocycles. The Balaban J connectivity index is 1.25. The van der Waals surface area contributed by atoms with E-state index in [1.165, 1.54) is 133 Å². The molecule has 1 spiro atoms. The molecule has 0 aliphatic heterocycles. The molecule has 0 heterocycles. The van der Waals surface area contributed by atoms with Crippen LogP contribution in [0.2, 0.25) is 0 Å². The fourth-order valence-corrected chi connectivity index (χ4v) is 11.5. The summed E-state index contributed by atoms with van der Waals surface area (Å²) in [5.74, 6) is 0. The van der Waals surface area contributed by atoms with Crippen molar-refractivity contribution in [2.45, 2.75) is 135 Å². The highest BCUT2D eigenvalue weighted by Gasteiger charge is 2.44. The summed E-state index contributed by atoms with van der Waals surface area (Å²) in [5.41, 5.74) is 24.0. The predicted octanol–water partition coefficient (Wildman–Crippen LogP) is 17.9. The normalized spacial score (nSPS) is 16.0. The van der Waals surface area contributed by atoms with Crippen molar-refractivity contribution in [1.29, 1.82) is 0 Å². The van der Waals surface area contributed by atoms with Crippen molar-refractivity contribution in [3.63, 3.8) is 0 Å². The van der Waals surface area contributed by atoms with Crippen LogP contribution in [0, 0.1) is 0 Å². The number of benzene rings is 7. The lowest BCUT2D eigenvalue weighted by Crippen LogP contribution is -2.28. The number of fused-ring (bicyclic) bond motifs is 8. The zero-order chi connectivity index (χ0) is 45.0. The zero-order valence-electron chi connectivity index (χ0n) is 40.3. The largest absolute Gasteiger partial charge is 0.310 e. The summed E-state index contributed by atoms with van der Waals surface area (Å²) in [6.07, 6.45) is 6.26. The van der Waals surface area contributed by atoms with Crippen molar-refractivity contribution in [2.75, 3.05) is 4.90 Å². The first-order valence-electron chi connectivity index (χ1n) is 24.1. The molecule has 7 aromatic rings. The van der Waals surface area contributed by atoms with Gasteiger partial charge in [0.2, 0.25) is 0 Å². The molecule has 3 aliphatic carbocycles. The van der Waals surface area contributed by atoms with Gasteiger partial charge in [-0.1, -0.05) is 205 Å². The van der Waals surface area contributed by atoms with Gasteiger partial charge in [0.05, 0.1) is 5.69 Å². The number of rotatable bonds is 5. The second kappa shape index (κ2) is 14.9. The van der Waals surface area contributed by atoms with Crippen molar-refractivity contribution in [1.82, 2.24) is 0 Å². The molecule has 1 nitrogen and oxygen atoms in total. The minimum Gasteiger partial charge on any atom is -0.310 e. The van der Waals surface area contributed by atoms with Crippen LogP contribution in [0.1, 0.15) is 147 Å². The summed E-state index contributed by atoms with van der Waals surface area (Å²) in [4.78, 5) is 2.61. The van der Waals surface area contributed by atoms with Gasteiger partial charge < -0.3 is 4.90 Å². The fourth-order valence-electron chi connectivity index (χ4n) is 11.5. The highest BCUT2D eigenvalue weighted by atomic mass is 15.1. The summed E-state index contributed by atoms with van der Waals surface area (Å²) < 4.78 is 0. The summed E-state index contributed by atoms with van der Waals surface area (Å²) in [5, 5.41) is 0. The lowest BCUT2D eigenvalue weighted by atomic mass is 9.68. The summed E-state index contributed by atoms with van der Waals surface area (Å²) in [6.45, 7) is 25.8. The molecule has 0 N–H and O–H groups in total. The van der Waals surface area contributed by atoms with Gasteiger partial charge in [-0.15, -0.1) is 0 Å². The molecule has 7 aromatic carbocycles. The third-order valence-electron chi connectivity index (χ3n) is 15.3. The van der Waals surface area contributed by atoms with E-state index in [4.69, 9.17) is 0 Å². The first-order valence-corrected chi connectivity index (χ1v) is 24.1. The van der Waals surface area contributed by atoms with Crippen molar-refractivity contribution in [3.05, 3.63) is 185 Å². The molecule has 10 rings (SSSR count). The molecular formula is C63H67N. The zero-order valence-corrected chi connectivity index (χ0v) is 40.3. The molecule has 3 aliphatic rings. The van der Waals surface area contributed by atoms with E-state index in [0.29, 0.717) is 0 Å². The van der Waals surface area contributed by atoms with Crippen LogP contribution in [0.5, 0.6) is 0 Å². The molecule has 64 heavy (non-hydrogen) atoms. The van der Waals surface area contributed by atoms with Crippen LogP contribution in [-0.4, -0.2) is 0 Å². The van der Waals surface area contributed by atoms with Crippen LogP contribution in [-0.2, 0) is 27.1 Å². The van der Waals surface area contributed by atoms with Crippen LogP contribution in [0.15, 0.2) is 146 Å². The standard InChI is InChI=1S/C63H67N/c1-59(2,3)44-21-19-20-42(34-44)53-37-41(43-35-45(60(4,5)6)38-46(36-43)61(7,8)9)26-31-58(53)64(47-27-29-51-49-22-13-15-24-54(49)62(10,11)56(51)39-47)48-28-30-52-50-23-14-16-25-55(50)63(57(52)40-48)32-17-12-18-33-63/h13-16,19-31,34-40H,12,17-18,32-33H2,1-11H3. The van der Waals surface area contributed by atoms with Crippen molar-refractivity contribution < 1.29 is 0 Å². The maximum Gasteiger partial charge on any atom is 0.0540 e. The van der Waals surface area contributed by atoms with Crippen molar-refractivity contribution in [3.8, 4) is 44.5 Å². The van der Waals surface area contributed by atoms with E-state index in [-0.39, 0.29) is 27.1 Å². The molecule has 324 valence electrons. The monoisotopic (exact) mass is 838 g/mol. The quantitative estimate of drug-likeness (QED) is 0.167. The van der Waals surface area contributed by atoms with Gasteiger partial charge in [-0.2, -0.15) is 0 Å². The second-order valence-corrected chi connectivity index (χ2v) is 23.0. The molecular weight excluding hydrogens is 771 g/mol. The highest BCUT2D eigenvalue weighted by molar-refractivity contribution is 5.94. The first kappa shape index (κ1) is 42.3. The van der Waals surface area contributed by atoms with E-state index in [1.807, 2.05) is 0 Å². The number of nitrogens with zero attached hydrogens (tertiary/aromatic N) is 1. The van der Waals surface area contributed by atoms with Crippen LogP contribution in [0.3, 0.4) is 0 Å². The van der Waals surface area contributed by atoms with E-state index >= 15 is 0 Å². The maximum atomic E-state index is 2.61. The molecule has 0 radical (unpaired) electrons. The van der Waals surface area contributed by atoms with Crippen LogP contribution in [0.25, 0.3) is 44.5 Å². The highest BCUT2D eigenvalue weighted by Crippen LogP contribution is 2.58. The lowest BCUT2D eigenvalue weighted by Gasteiger charge is -2.37. The van der Waals surface area contributed by atoms with Gasteiger partial charge >= 0.3 is 0 Å². The molecule has 1 saturated carbocycles. The Morgan fingerprint density at radius 1 is 0.375 bits per heavy atom. The van der Waals surface area contributed by atoms with Gasteiger partial charge in [-0.25, -0.2) is 0 Å². The average Bonchev–Trinajstić information content (AvgIpc) is 3.66. The van der Waals surface area contributed by atoms with Crippen LogP contribution < -0.4 is 4.90 Å². The smallest absolute Gasteiger partial charge is 0.0540 e. The third-order valence-corrected chi connectivity index (χ3v) is 15.3. The van der Waals surface area contributed by atoms with Crippen molar-refractivity contribution in [2.24, 2.45) is 0 Å². The SMILES string of the molecule is CC(C)(C)c1cccc(-c2cc(-c3cc(C(C)(C)C)cc(C(C)(C)C)c3)ccc2N(c2ccc3c(c2)C(C)(C)c2ccccc2-3)c2ccc3c(c2)C2(CCCCC2)c2ccccc2-3)c1. The number of hydrogen-bond donors (Lipinski definition) is 0. The summed E-state index contributed by atoms with van der Waals surface area (Å²) in [6, 6.07) is 57.1. The Hall–Kier alpha value is -5.66. The molecule has 0 atom stereocenters. The van der Waals surface area contributed by atoms with Crippen LogP contribution >= 0.6 is 0 Å². The van der Waals surface area contributed by atoms with Gasteiger partial charge in [-0.3, -0.25) is 0 Å². The molecule has 0 aromatic heterocycles. The Kier molecular flexibility index (Phi) is 9.88. The average molecular weight is 838 g/mol. The minimum absolute atomic E-state index is 0.00000200. The van der Waals surface area contributed by atoms with Crippen LogP contribution in [0.4, 0.5) is 17.1 Å². The van der Waals surface area contributed by atoms with Gasteiger partial charge in [0.25, 0.3) is 0 Å². The van der Waals surface area contributed by atoms with E-state index < -0.39 is 0 Å². The number of anilines is 3. The Labute approximate surface area is 384 Å². The molecule has 1 heteroatoms. The Bertz CT molecular complexity index is 2910. The van der Waals surface area contributed by atoms with E-state index in [0.717, 1.165) is 0 Å². The Morgan fingerprint density at radius 2 is 0.906 bits per heavy atom. The number of hydrogen-bond acceptors (Lipinski definition) is 1. The van der Waals surface area contributed by atoms with Gasteiger partial charge in [0, 0.05) is 27.8 Å². The van der Waals surface area contributed by atoms with E-state index in [2.05, 4.69) is 227 Å². The first-order chi connectivity index (χ1) is 30.3. The van der Waals surface area contributed by atoms with E-state index in [1.54, 1.807) is 0 Å². The fraction of sp³-hybridized carbons (Fsp3) is 0.333. The molecule has 1 fully saturated rings. The molecule has 0 bridgehead atoms. The lowest BCUT2D eigenvalue weighted by molar-refractivity contribution is 0.353. The van der Waals surface area contributed by atoms with Gasteiger partial charge in [0.15, 0.2) is 0 Å². The minimum atomic E-state index is -0.129. The van der Waals surface area contributed by atoms with Crippen molar-refractivity contribution >= 4 is 17.1 Å². The second-order valence-electron chi connectivity index (χ2n) is 23.0. The predicted molar refractivity (Wildman–Crippen MR) is 275 cm³/mol. The van der Waals surface area contributed by atoms with Gasteiger partial charge in [-0.05, 0) is 143 Å². The maximum absolute atomic E-state index is 2.61.